The molecule has 1 aromatic carbocycles. The highest BCUT2D eigenvalue weighted by Crippen LogP contribution is 2.24. The summed E-state index contributed by atoms with van der Waals surface area (Å²) in [5.41, 5.74) is 12.8. The molecule has 0 aromatic heterocycles. The molecule has 1 unspecified atom stereocenters. The minimum Gasteiger partial charge on any atom is -0.494 e. The SMILES string of the molecule is CCCCCOc1ccc(C(C)CC(CN)CN)cc1. The molecule has 1 rings (SSSR count). The Morgan fingerprint density at radius 3 is 2.25 bits per heavy atom. The summed E-state index contributed by atoms with van der Waals surface area (Å²) < 4.78 is 5.73. The highest BCUT2D eigenvalue weighted by molar-refractivity contribution is 5.29. The Morgan fingerprint density at radius 1 is 1.05 bits per heavy atom. The quantitative estimate of drug-likeness (QED) is 0.646. The van der Waals surface area contributed by atoms with Crippen LogP contribution < -0.4 is 16.2 Å². The van der Waals surface area contributed by atoms with Crippen LogP contribution in [0.15, 0.2) is 24.3 Å². The number of nitrogens with two attached hydrogens (primary N) is 2. The molecule has 0 aliphatic carbocycles. The summed E-state index contributed by atoms with van der Waals surface area (Å²) >= 11 is 0. The van der Waals surface area contributed by atoms with E-state index in [9.17, 15) is 0 Å². The fourth-order valence-corrected chi connectivity index (χ4v) is 2.36. The lowest BCUT2D eigenvalue weighted by Crippen LogP contribution is -2.24. The lowest BCUT2D eigenvalue weighted by atomic mass is 9.90. The molecule has 4 N–H and O–H groups in total. The Morgan fingerprint density at radius 2 is 1.70 bits per heavy atom. The van der Waals surface area contributed by atoms with Crippen molar-refractivity contribution in [2.24, 2.45) is 17.4 Å². The zero-order chi connectivity index (χ0) is 14.8. The summed E-state index contributed by atoms with van der Waals surface area (Å²) in [4.78, 5) is 0. The summed E-state index contributed by atoms with van der Waals surface area (Å²) in [7, 11) is 0. The van der Waals surface area contributed by atoms with Crippen molar-refractivity contribution in [2.75, 3.05) is 19.7 Å². The predicted octanol–water partition coefficient (Wildman–Crippen LogP) is 3.28. The van der Waals surface area contributed by atoms with Gasteiger partial charge in [0.05, 0.1) is 6.61 Å². The lowest BCUT2D eigenvalue weighted by Gasteiger charge is -2.18. The summed E-state index contributed by atoms with van der Waals surface area (Å²) in [5, 5.41) is 0. The van der Waals surface area contributed by atoms with E-state index in [0.29, 0.717) is 24.9 Å². The zero-order valence-electron chi connectivity index (χ0n) is 13.0. The van der Waals surface area contributed by atoms with E-state index >= 15 is 0 Å². The van der Waals surface area contributed by atoms with E-state index in [1.807, 2.05) is 0 Å². The van der Waals surface area contributed by atoms with Crippen LogP contribution in [0, 0.1) is 5.92 Å². The third kappa shape index (κ3) is 5.93. The number of benzene rings is 1. The van der Waals surface area contributed by atoms with Gasteiger partial charge in [0.1, 0.15) is 5.75 Å². The van der Waals surface area contributed by atoms with Crippen molar-refractivity contribution in [3.8, 4) is 5.75 Å². The first kappa shape index (κ1) is 17.0. The van der Waals surface area contributed by atoms with Crippen LogP contribution in [-0.4, -0.2) is 19.7 Å². The van der Waals surface area contributed by atoms with E-state index in [0.717, 1.165) is 25.2 Å². The van der Waals surface area contributed by atoms with Crippen LogP contribution in [0.5, 0.6) is 5.75 Å². The molecular formula is C17H30N2O. The summed E-state index contributed by atoms with van der Waals surface area (Å²) in [6.07, 6.45) is 4.63. The normalized spacial score (nSPS) is 12.7. The van der Waals surface area contributed by atoms with E-state index in [1.54, 1.807) is 0 Å². The molecule has 0 heterocycles. The van der Waals surface area contributed by atoms with Gasteiger partial charge in [-0.1, -0.05) is 38.8 Å². The van der Waals surface area contributed by atoms with E-state index in [-0.39, 0.29) is 0 Å². The molecule has 1 atom stereocenters. The third-order valence-corrected chi connectivity index (χ3v) is 3.82. The van der Waals surface area contributed by atoms with Crippen molar-refractivity contribution in [3.05, 3.63) is 29.8 Å². The van der Waals surface area contributed by atoms with Gasteiger partial charge in [0.25, 0.3) is 0 Å². The molecule has 0 spiro atoms. The van der Waals surface area contributed by atoms with Gasteiger partial charge < -0.3 is 16.2 Å². The molecule has 3 heteroatoms. The maximum Gasteiger partial charge on any atom is 0.119 e. The fourth-order valence-electron chi connectivity index (χ4n) is 2.36. The van der Waals surface area contributed by atoms with Crippen molar-refractivity contribution >= 4 is 0 Å². The number of rotatable bonds is 10. The summed E-state index contributed by atoms with van der Waals surface area (Å²) in [6, 6.07) is 8.45. The van der Waals surface area contributed by atoms with Gasteiger partial charge in [-0.25, -0.2) is 0 Å². The molecule has 0 radical (unpaired) electrons. The maximum atomic E-state index is 5.73. The number of hydrogen-bond donors (Lipinski definition) is 2. The van der Waals surface area contributed by atoms with E-state index in [4.69, 9.17) is 16.2 Å². The van der Waals surface area contributed by atoms with Crippen LogP contribution in [0.2, 0.25) is 0 Å². The third-order valence-electron chi connectivity index (χ3n) is 3.82. The van der Waals surface area contributed by atoms with Gasteiger partial charge in [0.15, 0.2) is 0 Å². The second-order valence-electron chi connectivity index (χ2n) is 5.60. The van der Waals surface area contributed by atoms with Crippen molar-refractivity contribution in [1.82, 2.24) is 0 Å². The van der Waals surface area contributed by atoms with Crippen molar-refractivity contribution in [1.29, 1.82) is 0 Å². The Balaban J connectivity index is 2.44. The zero-order valence-corrected chi connectivity index (χ0v) is 13.0. The minimum atomic E-state index is 0.412. The Kier molecular flexibility index (Phi) is 8.31. The van der Waals surface area contributed by atoms with E-state index in [2.05, 4.69) is 38.1 Å². The van der Waals surface area contributed by atoms with Gasteiger partial charge in [-0.15, -0.1) is 0 Å². The minimum absolute atomic E-state index is 0.412. The molecule has 0 aliphatic heterocycles. The van der Waals surface area contributed by atoms with Crippen molar-refractivity contribution < 1.29 is 4.74 Å². The summed E-state index contributed by atoms with van der Waals surface area (Å²) in [6.45, 7) is 6.58. The molecule has 0 saturated carbocycles. The smallest absolute Gasteiger partial charge is 0.119 e. The van der Waals surface area contributed by atoms with Gasteiger partial charge >= 0.3 is 0 Å². The molecule has 0 fully saturated rings. The number of hydrogen-bond acceptors (Lipinski definition) is 3. The van der Waals surface area contributed by atoms with Crippen molar-refractivity contribution in [3.63, 3.8) is 0 Å². The van der Waals surface area contributed by atoms with Gasteiger partial charge in [0.2, 0.25) is 0 Å². The second kappa shape index (κ2) is 9.78. The molecule has 0 aliphatic rings. The molecule has 0 amide bonds. The van der Waals surface area contributed by atoms with Crippen LogP contribution in [0.3, 0.4) is 0 Å². The molecule has 0 bridgehead atoms. The highest BCUT2D eigenvalue weighted by Gasteiger charge is 2.12. The topological polar surface area (TPSA) is 61.3 Å². The first-order chi connectivity index (χ1) is 9.71. The van der Waals surface area contributed by atoms with E-state index < -0.39 is 0 Å². The average molecular weight is 278 g/mol. The Labute approximate surface area is 123 Å². The van der Waals surface area contributed by atoms with Gasteiger partial charge in [-0.3, -0.25) is 0 Å². The Hall–Kier alpha value is -1.06. The first-order valence-electron chi connectivity index (χ1n) is 7.84. The number of unbranched alkanes of at least 4 members (excludes halogenated alkanes) is 2. The molecule has 1 aromatic rings. The molecular weight excluding hydrogens is 248 g/mol. The monoisotopic (exact) mass is 278 g/mol. The summed E-state index contributed by atoms with van der Waals surface area (Å²) in [5.74, 6) is 1.86. The van der Waals surface area contributed by atoms with Crippen LogP contribution in [-0.2, 0) is 0 Å². The molecule has 20 heavy (non-hydrogen) atoms. The molecule has 3 nitrogen and oxygen atoms in total. The van der Waals surface area contributed by atoms with Crippen molar-refractivity contribution in [2.45, 2.75) is 45.4 Å². The van der Waals surface area contributed by atoms with Gasteiger partial charge in [-0.05, 0) is 55.5 Å². The first-order valence-corrected chi connectivity index (χ1v) is 7.84. The highest BCUT2D eigenvalue weighted by atomic mass is 16.5. The predicted molar refractivity (Wildman–Crippen MR) is 86.1 cm³/mol. The lowest BCUT2D eigenvalue weighted by molar-refractivity contribution is 0.306. The number of ether oxygens (including phenoxy) is 1. The Bertz CT molecular complexity index is 347. The van der Waals surface area contributed by atoms with Gasteiger partial charge in [0, 0.05) is 0 Å². The molecule has 0 saturated heterocycles. The maximum absolute atomic E-state index is 5.73. The largest absolute Gasteiger partial charge is 0.494 e. The molecule has 114 valence electrons. The van der Waals surface area contributed by atoms with Crippen LogP contribution >= 0.6 is 0 Å². The second-order valence-corrected chi connectivity index (χ2v) is 5.60. The van der Waals surface area contributed by atoms with Gasteiger partial charge in [-0.2, -0.15) is 0 Å². The average Bonchev–Trinajstić information content (AvgIpc) is 2.49. The van der Waals surface area contributed by atoms with Crippen LogP contribution in [0.1, 0.15) is 51.0 Å². The van der Waals surface area contributed by atoms with E-state index in [1.165, 1.54) is 18.4 Å². The fraction of sp³-hybridized carbons (Fsp3) is 0.647. The van der Waals surface area contributed by atoms with Crippen LogP contribution in [0.4, 0.5) is 0 Å². The van der Waals surface area contributed by atoms with Crippen LogP contribution in [0.25, 0.3) is 0 Å². The standard InChI is InChI=1S/C17H30N2O/c1-3-4-5-10-20-17-8-6-16(7-9-17)14(2)11-15(12-18)13-19/h6-9,14-15H,3-5,10-13,18-19H2,1-2H3.